The van der Waals surface area contributed by atoms with E-state index >= 15 is 0 Å². The number of thiazole rings is 1. The van der Waals surface area contributed by atoms with Gasteiger partial charge in [0.1, 0.15) is 10.6 Å². The molecule has 0 amide bonds. The Morgan fingerprint density at radius 1 is 1.43 bits per heavy atom. The second-order valence-corrected chi connectivity index (χ2v) is 6.72. The molecule has 0 atom stereocenters. The van der Waals surface area contributed by atoms with Crippen LogP contribution in [0.15, 0.2) is 33.3 Å². The van der Waals surface area contributed by atoms with Crippen molar-refractivity contribution in [3.8, 4) is 5.75 Å². The first kappa shape index (κ1) is 15.7. The van der Waals surface area contributed by atoms with Gasteiger partial charge in [0.15, 0.2) is 0 Å². The molecule has 2 rings (SSSR count). The summed E-state index contributed by atoms with van der Waals surface area (Å²) in [7, 11) is -2.46. The summed E-state index contributed by atoms with van der Waals surface area (Å²) in [6.07, 6.45) is 0. The summed E-state index contributed by atoms with van der Waals surface area (Å²) in [5.74, 6) is 0.179. The lowest BCUT2D eigenvalue weighted by molar-refractivity contribution is 0.281. The van der Waals surface area contributed by atoms with E-state index in [-0.39, 0.29) is 28.7 Å². The van der Waals surface area contributed by atoms with Gasteiger partial charge < -0.3 is 14.8 Å². The Kier molecular flexibility index (Phi) is 4.78. The van der Waals surface area contributed by atoms with Crippen LogP contribution in [0.25, 0.3) is 0 Å². The third-order valence-electron chi connectivity index (χ3n) is 2.72. The molecule has 1 heterocycles. The Morgan fingerprint density at radius 2 is 2.19 bits per heavy atom. The van der Waals surface area contributed by atoms with Crippen molar-refractivity contribution in [1.82, 2.24) is 9.71 Å². The zero-order chi connectivity index (χ0) is 15.5. The number of hydrogen-bond donors (Lipinski definition) is 3. The maximum absolute atomic E-state index is 12.3. The van der Waals surface area contributed by atoms with Gasteiger partial charge in [-0.3, -0.25) is 4.79 Å². The Morgan fingerprint density at radius 3 is 2.76 bits per heavy atom. The Balaban J connectivity index is 2.27. The van der Waals surface area contributed by atoms with Crippen molar-refractivity contribution in [3.63, 3.8) is 0 Å². The number of aliphatic hydroxyl groups excluding tert-OH is 1. The first-order chi connectivity index (χ1) is 9.96. The van der Waals surface area contributed by atoms with E-state index in [2.05, 4.69) is 9.71 Å². The van der Waals surface area contributed by atoms with Crippen LogP contribution < -0.4 is 14.3 Å². The van der Waals surface area contributed by atoms with E-state index in [1.165, 1.54) is 19.2 Å². The molecule has 0 fully saturated rings. The third kappa shape index (κ3) is 3.70. The van der Waals surface area contributed by atoms with Crippen LogP contribution in [0.4, 0.5) is 0 Å². The summed E-state index contributed by atoms with van der Waals surface area (Å²) in [5, 5.41) is 10.7. The fraction of sp³-hybridized carbons (Fsp3) is 0.250. The quantitative estimate of drug-likeness (QED) is 0.711. The summed E-state index contributed by atoms with van der Waals surface area (Å²) >= 11 is 0.961. The normalized spacial score (nSPS) is 11.5. The summed E-state index contributed by atoms with van der Waals surface area (Å²) in [4.78, 5) is 13.2. The van der Waals surface area contributed by atoms with Crippen molar-refractivity contribution in [2.75, 3.05) is 7.11 Å². The van der Waals surface area contributed by atoms with Crippen molar-refractivity contribution < 1.29 is 18.3 Å². The Hall–Kier alpha value is -1.68. The lowest BCUT2D eigenvalue weighted by Gasteiger charge is -2.11. The van der Waals surface area contributed by atoms with Gasteiger partial charge in [-0.25, -0.2) is 13.1 Å². The zero-order valence-corrected chi connectivity index (χ0v) is 12.8. The molecule has 2 aromatic rings. The van der Waals surface area contributed by atoms with E-state index in [0.717, 1.165) is 11.3 Å². The molecule has 0 aliphatic heterocycles. The van der Waals surface area contributed by atoms with E-state index in [1.54, 1.807) is 11.4 Å². The van der Waals surface area contributed by atoms with Gasteiger partial charge in [-0.05, 0) is 17.7 Å². The van der Waals surface area contributed by atoms with E-state index in [9.17, 15) is 13.2 Å². The van der Waals surface area contributed by atoms with Gasteiger partial charge in [0.25, 0.3) is 0 Å². The molecule has 7 nitrogen and oxygen atoms in total. The van der Waals surface area contributed by atoms with E-state index in [0.29, 0.717) is 11.3 Å². The molecule has 1 aromatic carbocycles. The van der Waals surface area contributed by atoms with Crippen LogP contribution in [-0.2, 0) is 23.2 Å². The molecule has 0 unspecified atom stereocenters. The van der Waals surface area contributed by atoms with Crippen molar-refractivity contribution in [2.24, 2.45) is 0 Å². The maximum atomic E-state index is 12.3. The highest BCUT2D eigenvalue weighted by molar-refractivity contribution is 7.89. The fourth-order valence-electron chi connectivity index (χ4n) is 1.68. The number of rotatable bonds is 6. The van der Waals surface area contributed by atoms with Gasteiger partial charge >= 0.3 is 4.87 Å². The highest BCUT2D eigenvalue weighted by Crippen LogP contribution is 2.25. The molecular formula is C12H14N2O5S2. The third-order valence-corrected chi connectivity index (χ3v) is 4.86. The second-order valence-electron chi connectivity index (χ2n) is 4.14. The van der Waals surface area contributed by atoms with Gasteiger partial charge in [-0.1, -0.05) is 17.4 Å². The molecule has 0 bridgehead atoms. The number of nitrogens with one attached hydrogen (secondary N) is 2. The first-order valence-electron chi connectivity index (χ1n) is 5.90. The minimum Gasteiger partial charge on any atom is -0.495 e. The largest absolute Gasteiger partial charge is 0.495 e. The average Bonchev–Trinajstić information content (AvgIpc) is 2.90. The van der Waals surface area contributed by atoms with E-state index in [4.69, 9.17) is 9.84 Å². The number of aromatic amines is 1. The van der Waals surface area contributed by atoms with Crippen LogP contribution in [-0.4, -0.2) is 25.6 Å². The second kappa shape index (κ2) is 6.39. The molecule has 0 spiro atoms. The van der Waals surface area contributed by atoms with Crippen LogP contribution in [0.5, 0.6) is 5.75 Å². The van der Waals surface area contributed by atoms with Crippen LogP contribution in [0.3, 0.4) is 0 Å². The number of hydrogen-bond acceptors (Lipinski definition) is 6. The van der Waals surface area contributed by atoms with Gasteiger partial charge in [0.2, 0.25) is 10.0 Å². The predicted octanol–water partition coefficient (Wildman–Crippen LogP) is 0.416. The SMILES string of the molecule is COc1ccc(CO)cc1S(=O)(=O)NCc1csc(=O)[nH]1. The number of sulfonamides is 1. The van der Waals surface area contributed by atoms with Crippen molar-refractivity contribution in [1.29, 1.82) is 0 Å². The van der Waals surface area contributed by atoms with Gasteiger partial charge in [-0.2, -0.15) is 0 Å². The maximum Gasteiger partial charge on any atom is 0.304 e. The highest BCUT2D eigenvalue weighted by atomic mass is 32.2. The summed E-state index contributed by atoms with van der Waals surface area (Å²) in [6.45, 7) is -0.308. The Bertz CT molecular complexity index is 779. The van der Waals surface area contributed by atoms with Crippen molar-refractivity contribution in [2.45, 2.75) is 18.0 Å². The molecular weight excluding hydrogens is 316 g/mol. The fourth-order valence-corrected chi connectivity index (χ4v) is 3.49. The van der Waals surface area contributed by atoms with Crippen LogP contribution in [0.1, 0.15) is 11.3 Å². The lowest BCUT2D eigenvalue weighted by Crippen LogP contribution is -2.24. The van der Waals surface area contributed by atoms with Crippen LogP contribution >= 0.6 is 11.3 Å². The molecule has 21 heavy (non-hydrogen) atoms. The molecule has 114 valence electrons. The summed E-state index contributed by atoms with van der Waals surface area (Å²) < 4.78 is 32.0. The zero-order valence-electron chi connectivity index (χ0n) is 11.1. The molecule has 1 aromatic heterocycles. The Labute approximate surface area is 125 Å². The van der Waals surface area contributed by atoms with Crippen LogP contribution in [0, 0.1) is 0 Å². The average molecular weight is 330 g/mol. The number of H-pyrrole nitrogens is 1. The molecule has 0 saturated carbocycles. The number of methoxy groups -OCH3 is 1. The smallest absolute Gasteiger partial charge is 0.304 e. The molecule has 9 heteroatoms. The monoisotopic (exact) mass is 330 g/mol. The number of benzene rings is 1. The van der Waals surface area contributed by atoms with E-state index in [1.807, 2.05) is 0 Å². The standard InChI is InChI=1S/C12H14N2O5S2/c1-19-10-3-2-8(6-15)4-11(10)21(17,18)13-5-9-7-20-12(16)14-9/h2-4,7,13,15H,5-6H2,1H3,(H,14,16). The molecule has 3 N–H and O–H groups in total. The molecule has 0 saturated heterocycles. The number of aliphatic hydroxyl groups is 1. The van der Waals surface area contributed by atoms with Gasteiger partial charge in [0.05, 0.1) is 20.3 Å². The van der Waals surface area contributed by atoms with Crippen LogP contribution in [0.2, 0.25) is 0 Å². The lowest BCUT2D eigenvalue weighted by atomic mass is 10.2. The van der Waals surface area contributed by atoms with Crippen molar-refractivity contribution in [3.05, 3.63) is 44.5 Å². The van der Waals surface area contributed by atoms with E-state index < -0.39 is 10.0 Å². The summed E-state index contributed by atoms with van der Waals surface area (Å²) in [5.41, 5.74) is 0.936. The summed E-state index contributed by atoms with van der Waals surface area (Å²) in [6, 6.07) is 4.40. The molecule has 0 aliphatic carbocycles. The molecule has 0 radical (unpaired) electrons. The topological polar surface area (TPSA) is 108 Å². The highest BCUT2D eigenvalue weighted by Gasteiger charge is 2.20. The minimum atomic E-state index is -3.83. The molecule has 0 aliphatic rings. The van der Waals surface area contributed by atoms with Gasteiger partial charge in [0, 0.05) is 11.1 Å². The predicted molar refractivity (Wildman–Crippen MR) is 77.9 cm³/mol. The van der Waals surface area contributed by atoms with Crippen molar-refractivity contribution >= 4 is 21.4 Å². The number of aromatic nitrogens is 1. The number of ether oxygens (including phenoxy) is 1. The van der Waals surface area contributed by atoms with Gasteiger partial charge in [-0.15, -0.1) is 0 Å². The minimum absolute atomic E-state index is 0.0341. The first-order valence-corrected chi connectivity index (χ1v) is 8.26.